The first kappa shape index (κ1) is 27.2. The van der Waals surface area contributed by atoms with E-state index in [1.807, 2.05) is 59.2 Å². The maximum atomic E-state index is 12.7. The molecule has 8 nitrogen and oxygen atoms in total. The van der Waals surface area contributed by atoms with Crippen molar-refractivity contribution in [2.45, 2.75) is 23.9 Å². The summed E-state index contributed by atoms with van der Waals surface area (Å²) in [4.78, 5) is 12.7. The molecule has 0 saturated heterocycles. The van der Waals surface area contributed by atoms with Gasteiger partial charge in [0.1, 0.15) is 5.75 Å². The number of hydrogen-bond acceptors (Lipinski definition) is 7. The number of phenolic OH excluding ortho intramolecular Hbond substituents is 1. The number of phenols is 1. The fraction of sp³-hybridized carbons (Fsp3) is 0.120. The molecule has 4 rings (SSSR count). The number of amides is 1. The average Bonchev–Trinajstić information content (AvgIpc) is 3.29. The van der Waals surface area contributed by atoms with Crippen LogP contribution in [0.25, 0.3) is 5.69 Å². The van der Waals surface area contributed by atoms with Gasteiger partial charge in [-0.15, -0.1) is 10.2 Å². The molecule has 1 heterocycles. The van der Waals surface area contributed by atoms with Crippen molar-refractivity contribution in [3.63, 3.8) is 0 Å². The third-order valence-electron chi connectivity index (χ3n) is 5.09. The Morgan fingerprint density at radius 3 is 2.49 bits per heavy atom. The van der Waals surface area contributed by atoms with Crippen LogP contribution in [-0.4, -0.2) is 37.2 Å². The number of hydrogen-bond donors (Lipinski definition) is 3. The van der Waals surface area contributed by atoms with Gasteiger partial charge in [-0.2, -0.15) is 5.10 Å². The summed E-state index contributed by atoms with van der Waals surface area (Å²) in [5, 5.41) is 26.7. The number of para-hydroxylation sites is 1. The minimum atomic E-state index is -0.501. The summed E-state index contributed by atoms with van der Waals surface area (Å²) >= 11 is 13.8. The van der Waals surface area contributed by atoms with Crippen LogP contribution in [0.3, 0.4) is 0 Å². The summed E-state index contributed by atoms with van der Waals surface area (Å²) in [6.45, 7) is 2.20. The second-order valence-corrected chi connectivity index (χ2v) is 11.2. The Morgan fingerprint density at radius 2 is 1.81 bits per heavy atom. The van der Waals surface area contributed by atoms with Gasteiger partial charge in [-0.3, -0.25) is 9.36 Å². The van der Waals surface area contributed by atoms with Gasteiger partial charge in [-0.1, -0.05) is 41.6 Å². The highest BCUT2D eigenvalue weighted by molar-refractivity contribution is 9.11. The Morgan fingerprint density at radius 1 is 1.14 bits per heavy atom. The van der Waals surface area contributed by atoms with E-state index in [4.69, 9.17) is 11.6 Å². The molecule has 0 unspecified atom stereocenters. The number of aromatic nitrogens is 3. The molecule has 0 saturated carbocycles. The Labute approximate surface area is 239 Å². The lowest BCUT2D eigenvalue weighted by atomic mass is 10.2. The van der Waals surface area contributed by atoms with Crippen LogP contribution in [0.5, 0.6) is 5.75 Å². The molecule has 3 aromatic carbocycles. The van der Waals surface area contributed by atoms with Crippen LogP contribution < -0.4 is 10.7 Å². The van der Waals surface area contributed by atoms with Gasteiger partial charge < -0.3 is 10.4 Å². The highest BCUT2D eigenvalue weighted by Gasteiger charge is 2.21. The summed E-state index contributed by atoms with van der Waals surface area (Å²) in [5.74, 6) is 0.496. The smallest absolute Gasteiger partial charge is 0.253 e. The summed E-state index contributed by atoms with van der Waals surface area (Å²) in [5.41, 5.74) is 5.04. The predicted octanol–water partition coefficient (Wildman–Crippen LogP) is 6.39. The molecule has 0 aliphatic carbocycles. The first-order chi connectivity index (χ1) is 17.8. The van der Waals surface area contributed by atoms with Crippen molar-refractivity contribution in [1.29, 1.82) is 0 Å². The Balaban J connectivity index is 1.46. The van der Waals surface area contributed by atoms with Crippen molar-refractivity contribution in [2.75, 3.05) is 5.32 Å². The Kier molecular flexibility index (Phi) is 9.25. The number of anilines is 1. The summed E-state index contributed by atoms with van der Waals surface area (Å²) in [6.07, 6.45) is 1.50. The summed E-state index contributed by atoms with van der Waals surface area (Å²) in [6, 6.07) is 20.5. The van der Waals surface area contributed by atoms with Crippen LogP contribution in [0.1, 0.15) is 18.3 Å². The van der Waals surface area contributed by atoms with E-state index in [1.54, 1.807) is 19.1 Å². The van der Waals surface area contributed by atoms with Crippen molar-refractivity contribution in [2.24, 2.45) is 5.10 Å². The molecule has 1 aromatic heterocycles. The van der Waals surface area contributed by atoms with Crippen LogP contribution in [0.15, 0.2) is 85.9 Å². The zero-order valence-corrected chi connectivity index (χ0v) is 24.1. The van der Waals surface area contributed by atoms with Gasteiger partial charge in [0.2, 0.25) is 0 Å². The Hall–Kier alpha value is -2.86. The SMILES string of the molecule is C[C@@H](Sc1nnc(CNc2ccc(Cl)cc2)n1-c1ccccc1)C(=O)N/N=C\c1cc(Br)c(O)c(Br)c1. The van der Waals surface area contributed by atoms with Gasteiger partial charge in [0.05, 0.1) is 27.0 Å². The molecule has 0 aliphatic heterocycles. The van der Waals surface area contributed by atoms with E-state index in [-0.39, 0.29) is 11.7 Å². The third-order valence-corrected chi connectivity index (χ3v) is 7.59. The number of thioether (sulfide) groups is 1. The number of halogens is 3. The number of carbonyl (C=O) groups excluding carboxylic acids is 1. The zero-order chi connectivity index (χ0) is 26.4. The fourth-order valence-electron chi connectivity index (χ4n) is 3.21. The molecule has 0 spiro atoms. The van der Waals surface area contributed by atoms with E-state index >= 15 is 0 Å². The minimum absolute atomic E-state index is 0.0940. The molecule has 12 heteroatoms. The maximum Gasteiger partial charge on any atom is 0.253 e. The molecule has 37 heavy (non-hydrogen) atoms. The van der Waals surface area contributed by atoms with Crippen molar-refractivity contribution < 1.29 is 9.90 Å². The maximum absolute atomic E-state index is 12.7. The Bertz CT molecular complexity index is 1390. The standard InChI is InChI=1S/C25H21Br2ClN6O2S/c1-15(24(36)32-30-13-16-11-20(26)23(35)21(27)12-16)37-25-33-31-22(34(25)19-5-3-2-4-6-19)14-29-18-9-7-17(28)8-10-18/h2-13,15,29,35H,14H2,1H3,(H,32,36)/b30-13-/t15-/m1/s1. The molecule has 190 valence electrons. The first-order valence-electron chi connectivity index (χ1n) is 11.0. The van der Waals surface area contributed by atoms with Gasteiger partial charge in [-0.25, -0.2) is 5.43 Å². The number of benzene rings is 3. The molecule has 0 fully saturated rings. The number of nitrogens with zero attached hydrogens (tertiary/aromatic N) is 4. The average molecular weight is 665 g/mol. The molecule has 1 atom stereocenters. The first-order valence-corrected chi connectivity index (χ1v) is 13.8. The lowest BCUT2D eigenvalue weighted by Crippen LogP contribution is -2.27. The highest BCUT2D eigenvalue weighted by atomic mass is 79.9. The molecular weight excluding hydrogens is 644 g/mol. The molecule has 0 radical (unpaired) electrons. The van der Waals surface area contributed by atoms with E-state index in [0.717, 1.165) is 11.4 Å². The lowest BCUT2D eigenvalue weighted by Gasteiger charge is -2.13. The number of carbonyl (C=O) groups is 1. The van der Waals surface area contributed by atoms with Crippen LogP contribution in [0.2, 0.25) is 5.02 Å². The summed E-state index contributed by atoms with van der Waals surface area (Å²) in [7, 11) is 0. The fourth-order valence-corrected chi connectivity index (χ4v) is 5.44. The van der Waals surface area contributed by atoms with Gasteiger partial charge in [0, 0.05) is 16.4 Å². The molecule has 1 amide bonds. The van der Waals surface area contributed by atoms with E-state index in [1.165, 1.54) is 18.0 Å². The lowest BCUT2D eigenvalue weighted by molar-refractivity contribution is -0.120. The molecule has 4 aromatic rings. The van der Waals surface area contributed by atoms with Crippen LogP contribution in [-0.2, 0) is 11.3 Å². The molecule has 0 aliphatic rings. The van der Waals surface area contributed by atoms with E-state index in [9.17, 15) is 9.90 Å². The monoisotopic (exact) mass is 662 g/mol. The number of nitrogens with one attached hydrogen (secondary N) is 2. The van der Waals surface area contributed by atoms with Gasteiger partial charge in [0.15, 0.2) is 11.0 Å². The topological polar surface area (TPSA) is 104 Å². The minimum Gasteiger partial charge on any atom is -0.506 e. The van der Waals surface area contributed by atoms with E-state index in [2.05, 4.69) is 57.9 Å². The highest BCUT2D eigenvalue weighted by Crippen LogP contribution is 2.33. The summed E-state index contributed by atoms with van der Waals surface area (Å²) < 4.78 is 2.95. The van der Waals surface area contributed by atoms with E-state index in [0.29, 0.717) is 37.1 Å². The van der Waals surface area contributed by atoms with Gasteiger partial charge in [0.25, 0.3) is 5.91 Å². The number of aromatic hydroxyl groups is 1. The normalized spacial score (nSPS) is 12.0. The third kappa shape index (κ3) is 7.13. The predicted molar refractivity (Wildman–Crippen MR) is 155 cm³/mol. The second-order valence-electron chi connectivity index (χ2n) is 7.76. The van der Waals surface area contributed by atoms with Crippen molar-refractivity contribution in [3.8, 4) is 11.4 Å². The van der Waals surface area contributed by atoms with Crippen molar-refractivity contribution >= 4 is 73.0 Å². The van der Waals surface area contributed by atoms with Gasteiger partial charge >= 0.3 is 0 Å². The number of rotatable bonds is 9. The van der Waals surface area contributed by atoms with Crippen LogP contribution >= 0.6 is 55.2 Å². The van der Waals surface area contributed by atoms with Crippen molar-refractivity contribution in [3.05, 3.63) is 92.1 Å². The second kappa shape index (κ2) is 12.6. The number of hydrazone groups is 1. The van der Waals surface area contributed by atoms with E-state index < -0.39 is 5.25 Å². The zero-order valence-electron chi connectivity index (χ0n) is 19.4. The van der Waals surface area contributed by atoms with Gasteiger partial charge in [-0.05, 0) is 92.9 Å². The van der Waals surface area contributed by atoms with Crippen LogP contribution in [0, 0.1) is 0 Å². The quantitative estimate of drug-likeness (QED) is 0.109. The molecular formula is C25H21Br2ClN6O2S. The molecule has 0 bridgehead atoms. The largest absolute Gasteiger partial charge is 0.506 e. The van der Waals surface area contributed by atoms with Crippen LogP contribution in [0.4, 0.5) is 5.69 Å². The molecule has 3 N–H and O–H groups in total. The van der Waals surface area contributed by atoms with Crippen molar-refractivity contribution in [1.82, 2.24) is 20.2 Å².